The van der Waals surface area contributed by atoms with Crippen LogP contribution in [-0.4, -0.2) is 5.78 Å². The number of rotatable bonds is 0. The molecule has 0 amide bonds. The van der Waals surface area contributed by atoms with Gasteiger partial charge in [-0.1, -0.05) is 29.0 Å². The van der Waals surface area contributed by atoms with Crippen LogP contribution in [0.4, 0.5) is 0 Å². The monoisotopic (exact) mass is 204 g/mol. The first-order valence-electron chi connectivity index (χ1n) is 4.60. The van der Waals surface area contributed by atoms with Gasteiger partial charge in [-0.25, -0.2) is 0 Å². The predicted octanol–water partition coefficient (Wildman–Crippen LogP) is 3.58. The Balaban J connectivity index is 2.57. The summed E-state index contributed by atoms with van der Waals surface area (Å²) in [5, 5.41) is 0. The van der Waals surface area contributed by atoms with Crippen molar-refractivity contribution in [3.05, 3.63) is 39.8 Å². The van der Waals surface area contributed by atoms with Crippen LogP contribution in [-0.2, 0) is 0 Å². The van der Waals surface area contributed by atoms with Crippen LogP contribution in [0.3, 0.4) is 0 Å². The van der Waals surface area contributed by atoms with E-state index < -0.39 is 0 Å². The molecule has 1 aliphatic heterocycles. The van der Waals surface area contributed by atoms with Crippen LogP contribution in [0.25, 0.3) is 0 Å². The molecule has 14 heavy (non-hydrogen) atoms. The number of carbonyl (C=O) groups excluding carboxylic acids is 1. The number of thioether (sulfide) groups is 1. The first kappa shape index (κ1) is 9.53. The van der Waals surface area contributed by atoms with Gasteiger partial charge in [-0.15, -0.1) is 0 Å². The van der Waals surface area contributed by atoms with Gasteiger partial charge in [0, 0.05) is 10.5 Å². The Labute approximate surface area is 88.2 Å². The molecule has 1 aromatic rings. The Morgan fingerprint density at radius 2 is 2.00 bits per heavy atom. The van der Waals surface area contributed by atoms with E-state index in [0.717, 1.165) is 26.5 Å². The molecular weight excluding hydrogens is 192 g/mol. The second-order valence-electron chi connectivity index (χ2n) is 3.76. The van der Waals surface area contributed by atoms with Gasteiger partial charge >= 0.3 is 0 Å². The van der Waals surface area contributed by atoms with Crippen LogP contribution < -0.4 is 0 Å². The maximum absolute atomic E-state index is 11.9. The largest absolute Gasteiger partial charge is 0.288 e. The van der Waals surface area contributed by atoms with E-state index in [-0.39, 0.29) is 5.78 Å². The Kier molecular flexibility index (Phi) is 2.23. The molecule has 2 heteroatoms. The van der Waals surface area contributed by atoms with Gasteiger partial charge in [-0.05, 0) is 32.9 Å². The molecular formula is C12H12OS. The van der Waals surface area contributed by atoms with Crippen molar-refractivity contribution >= 4 is 17.5 Å². The molecule has 1 aromatic carbocycles. The number of hydrogen-bond donors (Lipinski definition) is 0. The number of allylic oxidation sites excluding steroid dienone is 2. The van der Waals surface area contributed by atoms with Gasteiger partial charge in [0.2, 0.25) is 5.78 Å². The molecule has 0 bridgehead atoms. The topological polar surface area (TPSA) is 17.1 Å². The first-order chi connectivity index (χ1) is 6.59. The van der Waals surface area contributed by atoms with Crippen molar-refractivity contribution in [1.29, 1.82) is 0 Å². The normalized spacial score (nSPS) is 14.5. The highest BCUT2D eigenvalue weighted by Crippen LogP contribution is 2.41. The molecule has 72 valence electrons. The van der Waals surface area contributed by atoms with Crippen LogP contribution in [0.1, 0.15) is 29.8 Å². The third-order valence-corrected chi connectivity index (χ3v) is 3.63. The van der Waals surface area contributed by atoms with Crippen molar-refractivity contribution in [3.8, 4) is 0 Å². The second kappa shape index (κ2) is 3.28. The van der Waals surface area contributed by atoms with Crippen molar-refractivity contribution in [2.24, 2.45) is 0 Å². The molecule has 0 aromatic heterocycles. The minimum atomic E-state index is 0.189. The van der Waals surface area contributed by atoms with Gasteiger partial charge in [0.1, 0.15) is 0 Å². The molecule has 1 nitrogen and oxygen atoms in total. The van der Waals surface area contributed by atoms with Crippen LogP contribution in [0, 0.1) is 6.92 Å². The summed E-state index contributed by atoms with van der Waals surface area (Å²) in [5.74, 6) is 0.189. The molecule has 1 heterocycles. The highest BCUT2D eigenvalue weighted by molar-refractivity contribution is 8.04. The van der Waals surface area contributed by atoms with Crippen molar-refractivity contribution in [1.82, 2.24) is 0 Å². The molecule has 1 aliphatic rings. The molecule has 0 radical (unpaired) electrons. The summed E-state index contributed by atoms with van der Waals surface area (Å²) < 4.78 is 0. The van der Waals surface area contributed by atoms with Crippen molar-refractivity contribution in [2.75, 3.05) is 0 Å². The Morgan fingerprint density at radius 1 is 1.29 bits per heavy atom. The number of ketones is 1. The average Bonchev–Trinajstić information content (AvgIpc) is 2.44. The minimum absolute atomic E-state index is 0.189. The fraction of sp³-hybridized carbons (Fsp3) is 0.250. The summed E-state index contributed by atoms with van der Waals surface area (Å²) in [4.78, 5) is 13.9. The molecule has 0 N–H and O–H groups in total. The van der Waals surface area contributed by atoms with E-state index in [4.69, 9.17) is 0 Å². The van der Waals surface area contributed by atoms with Gasteiger partial charge in [0.05, 0.1) is 4.91 Å². The van der Waals surface area contributed by atoms with Gasteiger partial charge < -0.3 is 0 Å². The van der Waals surface area contributed by atoms with Crippen molar-refractivity contribution in [3.63, 3.8) is 0 Å². The smallest absolute Gasteiger partial charge is 0.200 e. The standard InChI is InChI=1S/C12H12OS/c1-7(2)12-11(13)9-6-8(3)4-5-10(9)14-12/h4-6H,1-3H3. The quantitative estimate of drug-likeness (QED) is 0.601. The maximum Gasteiger partial charge on any atom is 0.200 e. The van der Waals surface area contributed by atoms with Gasteiger partial charge in [-0.2, -0.15) is 0 Å². The predicted molar refractivity (Wildman–Crippen MR) is 59.7 cm³/mol. The third-order valence-electron chi connectivity index (χ3n) is 2.25. The molecule has 0 unspecified atom stereocenters. The van der Waals surface area contributed by atoms with Gasteiger partial charge in [-0.3, -0.25) is 4.79 Å². The Morgan fingerprint density at radius 3 is 2.64 bits per heavy atom. The summed E-state index contributed by atoms with van der Waals surface area (Å²) >= 11 is 1.59. The molecule has 0 fully saturated rings. The highest BCUT2D eigenvalue weighted by atomic mass is 32.2. The number of hydrogen-bond acceptors (Lipinski definition) is 2. The molecule has 0 aliphatic carbocycles. The lowest BCUT2D eigenvalue weighted by Crippen LogP contribution is -1.95. The molecule has 0 spiro atoms. The fourth-order valence-corrected chi connectivity index (χ4v) is 2.54. The zero-order chi connectivity index (χ0) is 10.3. The van der Waals surface area contributed by atoms with Crippen molar-refractivity contribution in [2.45, 2.75) is 25.7 Å². The highest BCUT2D eigenvalue weighted by Gasteiger charge is 2.26. The molecule has 0 atom stereocenters. The Bertz CT molecular complexity index is 440. The van der Waals surface area contributed by atoms with E-state index in [9.17, 15) is 4.79 Å². The van der Waals surface area contributed by atoms with Crippen LogP contribution >= 0.6 is 11.8 Å². The number of carbonyl (C=O) groups is 1. The first-order valence-corrected chi connectivity index (χ1v) is 5.42. The molecule has 2 rings (SSSR count). The SMILES string of the molecule is CC(C)=C1Sc2ccc(C)cc2C1=O. The summed E-state index contributed by atoms with van der Waals surface area (Å²) in [7, 11) is 0. The summed E-state index contributed by atoms with van der Waals surface area (Å²) in [6, 6.07) is 6.05. The lowest BCUT2D eigenvalue weighted by Gasteiger charge is -1.95. The zero-order valence-corrected chi connectivity index (χ0v) is 9.37. The number of fused-ring (bicyclic) bond motifs is 1. The van der Waals surface area contributed by atoms with Crippen molar-refractivity contribution < 1.29 is 4.79 Å². The van der Waals surface area contributed by atoms with E-state index in [1.165, 1.54) is 0 Å². The molecule has 0 saturated heterocycles. The number of Topliss-reactive ketones (excluding diaryl/α,β-unsaturated/α-hetero) is 1. The lowest BCUT2D eigenvalue weighted by atomic mass is 10.1. The van der Waals surface area contributed by atoms with Gasteiger partial charge in [0.15, 0.2) is 0 Å². The third kappa shape index (κ3) is 1.40. The maximum atomic E-state index is 11.9. The summed E-state index contributed by atoms with van der Waals surface area (Å²) in [5.41, 5.74) is 3.12. The van der Waals surface area contributed by atoms with Crippen LogP contribution in [0.5, 0.6) is 0 Å². The Hall–Kier alpha value is -1.02. The number of aryl methyl sites for hydroxylation is 1. The van der Waals surface area contributed by atoms with E-state index in [1.807, 2.05) is 39.0 Å². The van der Waals surface area contributed by atoms with Crippen LogP contribution in [0.2, 0.25) is 0 Å². The molecule has 0 saturated carbocycles. The van der Waals surface area contributed by atoms with E-state index in [1.54, 1.807) is 11.8 Å². The summed E-state index contributed by atoms with van der Waals surface area (Å²) in [6.07, 6.45) is 0. The zero-order valence-electron chi connectivity index (χ0n) is 8.55. The van der Waals surface area contributed by atoms with E-state index >= 15 is 0 Å². The fourth-order valence-electron chi connectivity index (χ4n) is 1.52. The van der Waals surface area contributed by atoms with Gasteiger partial charge in [0.25, 0.3) is 0 Å². The minimum Gasteiger partial charge on any atom is -0.288 e. The average molecular weight is 204 g/mol. The summed E-state index contributed by atoms with van der Waals surface area (Å²) in [6.45, 7) is 5.98. The second-order valence-corrected chi connectivity index (χ2v) is 4.81. The van der Waals surface area contributed by atoms with E-state index in [0.29, 0.717) is 0 Å². The van der Waals surface area contributed by atoms with Crippen LogP contribution in [0.15, 0.2) is 33.6 Å². The van der Waals surface area contributed by atoms with E-state index in [2.05, 4.69) is 0 Å². The number of benzene rings is 1. The lowest BCUT2D eigenvalue weighted by molar-refractivity contribution is 0.104.